The van der Waals surface area contributed by atoms with Gasteiger partial charge >= 0.3 is 6.18 Å². The Morgan fingerprint density at radius 3 is 2.48 bits per heavy atom. The van der Waals surface area contributed by atoms with Crippen LogP contribution in [0.4, 0.5) is 36.3 Å². The molecule has 1 atom stereocenters. The van der Waals surface area contributed by atoms with Gasteiger partial charge in [-0.3, -0.25) is 34.6 Å². The molecule has 5 heterocycles. The highest BCUT2D eigenvalue weighted by Crippen LogP contribution is 2.35. The number of benzene rings is 2. The van der Waals surface area contributed by atoms with E-state index in [4.69, 9.17) is 0 Å². The Labute approximate surface area is 297 Å². The van der Waals surface area contributed by atoms with E-state index in [0.29, 0.717) is 42.5 Å². The normalized spacial score (nSPS) is 18.1. The second kappa shape index (κ2) is 14.5. The lowest BCUT2D eigenvalue weighted by Crippen LogP contribution is -2.52. The van der Waals surface area contributed by atoms with Crippen molar-refractivity contribution in [2.75, 3.05) is 35.7 Å². The minimum atomic E-state index is -4.64. The number of hydrogen-bond donors (Lipinski definition) is 3. The number of imide groups is 1. The predicted molar refractivity (Wildman–Crippen MR) is 185 cm³/mol. The third-order valence-corrected chi connectivity index (χ3v) is 9.74. The van der Waals surface area contributed by atoms with Crippen LogP contribution in [0.5, 0.6) is 0 Å². The van der Waals surface area contributed by atoms with E-state index in [-0.39, 0.29) is 36.5 Å². The quantitative estimate of drug-likeness (QED) is 0.200. The number of piperidine rings is 2. The van der Waals surface area contributed by atoms with Crippen molar-refractivity contribution >= 4 is 40.9 Å². The Hall–Kier alpha value is -5.64. The first kappa shape index (κ1) is 34.8. The molecule has 7 rings (SSSR count). The third kappa shape index (κ3) is 7.66. The molecule has 4 aromatic rings. The summed E-state index contributed by atoms with van der Waals surface area (Å²) >= 11 is 0. The number of amides is 3. The third-order valence-electron chi connectivity index (χ3n) is 9.74. The van der Waals surface area contributed by atoms with Gasteiger partial charge in [-0.2, -0.15) is 18.2 Å². The maximum absolute atomic E-state index is 13.7. The number of alkyl halides is 3. The summed E-state index contributed by atoms with van der Waals surface area (Å²) in [6.45, 7) is 2.78. The highest BCUT2D eigenvalue weighted by Gasteiger charge is 2.39. The molecule has 0 bridgehead atoms. The number of nitrogens with one attached hydrogen (secondary N) is 3. The number of hydrogen-bond acceptors (Lipinski definition) is 11. The second-order valence-corrected chi connectivity index (χ2v) is 13.2. The summed E-state index contributed by atoms with van der Waals surface area (Å²) in [6, 6.07) is 13.2. The van der Waals surface area contributed by atoms with E-state index in [9.17, 15) is 27.6 Å². The standard InChI is InChI=1S/C36H37F3N10O3/c1-47(20-22-2-7-28-23(16-22)21-49(34(28)52)30-8-9-31(50)45-33(30)51)26-10-14-48(15-11-26)27-5-3-24(4-6-27)44-35-43-19-29(36(37,38)39)32(46-35)42-18-25-17-40-12-13-41-25/h2-7,12-13,16-17,19,26,30H,8-11,14-15,18,20-21H2,1H3,(H,45,50,51)(H2,42,43,44,46). The van der Waals surface area contributed by atoms with Crippen molar-refractivity contribution in [1.82, 2.24) is 35.1 Å². The largest absolute Gasteiger partial charge is 0.421 e. The van der Waals surface area contributed by atoms with Gasteiger partial charge in [-0.15, -0.1) is 0 Å². The molecule has 2 fully saturated rings. The van der Waals surface area contributed by atoms with Crippen molar-refractivity contribution in [1.29, 1.82) is 0 Å². The summed E-state index contributed by atoms with van der Waals surface area (Å²) in [5, 5.41) is 8.05. The molecule has 16 heteroatoms. The first-order valence-electron chi connectivity index (χ1n) is 17.0. The molecule has 2 aromatic heterocycles. The lowest BCUT2D eigenvalue weighted by Gasteiger charge is -2.38. The minimum Gasteiger partial charge on any atom is -0.371 e. The number of carbonyl (C=O) groups is 3. The molecule has 270 valence electrons. The monoisotopic (exact) mass is 714 g/mol. The van der Waals surface area contributed by atoms with Gasteiger partial charge in [0.05, 0.1) is 18.4 Å². The minimum absolute atomic E-state index is 0.0117. The predicted octanol–water partition coefficient (Wildman–Crippen LogP) is 4.50. The van der Waals surface area contributed by atoms with Gasteiger partial charge in [0.1, 0.15) is 17.4 Å². The van der Waals surface area contributed by atoms with Gasteiger partial charge in [-0.25, -0.2) is 4.98 Å². The number of rotatable bonds is 10. The van der Waals surface area contributed by atoms with Crippen LogP contribution in [0, 0.1) is 0 Å². The Morgan fingerprint density at radius 1 is 0.981 bits per heavy atom. The number of fused-ring (bicyclic) bond motifs is 1. The Bertz CT molecular complexity index is 1950. The van der Waals surface area contributed by atoms with Crippen LogP contribution in [-0.4, -0.2) is 79.7 Å². The van der Waals surface area contributed by atoms with Crippen LogP contribution in [0.15, 0.2) is 67.3 Å². The van der Waals surface area contributed by atoms with Gasteiger partial charge in [-0.1, -0.05) is 12.1 Å². The van der Waals surface area contributed by atoms with Gasteiger partial charge in [0.25, 0.3) is 5.91 Å². The average Bonchev–Trinajstić information content (AvgIpc) is 3.46. The smallest absolute Gasteiger partial charge is 0.371 e. The van der Waals surface area contributed by atoms with Gasteiger partial charge in [0, 0.05) is 74.2 Å². The number of carbonyl (C=O) groups excluding carboxylic acids is 3. The van der Waals surface area contributed by atoms with Crippen LogP contribution in [-0.2, 0) is 35.4 Å². The molecule has 3 N–H and O–H groups in total. The maximum atomic E-state index is 13.7. The van der Waals surface area contributed by atoms with Crippen LogP contribution in [0.25, 0.3) is 0 Å². The Kier molecular flexibility index (Phi) is 9.73. The molecule has 3 aliphatic heterocycles. The molecular formula is C36H37F3N10O3. The highest BCUT2D eigenvalue weighted by atomic mass is 19.4. The molecule has 3 aliphatic rings. The average molecular weight is 715 g/mol. The molecule has 2 aromatic carbocycles. The fourth-order valence-electron chi connectivity index (χ4n) is 6.97. The van der Waals surface area contributed by atoms with E-state index in [1.807, 2.05) is 42.5 Å². The number of anilines is 4. The topological polar surface area (TPSA) is 149 Å². The van der Waals surface area contributed by atoms with E-state index < -0.39 is 23.7 Å². The van der Waals surface area contributed by atoms with Crippen molar-refractivity contribution in [2.24, 2.45) is 0 Å². The summed E-state index contributed by atoms with van der Waals surface area (Å²) in [4.78, 5) is 59.3. The molecule has 1 unspecified atom stereocenters. The zero-order valence-corrected chi connectivity index (χ0v) is 28.4. The SMILES string of the molecule is CN(Cc1ccc2c(c1)CN(C1CCC(=O)NC1=O)C2=O)C1CCN(c2ccc(Nc3ncc(C(F)(F)F)c(NCc4cnccn4)n3)cc2)CC1. The Balaban J connectivity index is 0.919. The second-order valence-electron chi connectivity index (χ2n) is 13.2. The number of aromatic nitrogens is 4. The molecule has 52 heavy (non-hydrogen) atoms. The lowest BCUT2D eigenvalue weighted by molar-refractivity contribution is -0.138. The molecule has 0 radical (unpaired) electrons. The van der Waals surface area contributed by atoms with Crippen LogP contribution in [0.1, 0.15) is 58.4 Å². The fraction of sp³-hybridized carbons (Fsp3) is 0.361. The number of nitrogens with zero attached hydrogens (tertiary/aromatic N) is 7. The molecule has 13 nitrogen and oxygen atoms in total. The molecule has 2 saturated heterocycles. The van der Waals surface area contributed by atoms with E-state index in [0.717, 1.165) is 48.9 Å². The summed E-state index contributed by atoms with van der Waals surface area (Å²) < 4.78 is 41.0. The van der Waals surface area contributed by atoms with Crippen molar-refractivity contribution < 1.29 is 27.6 Å². The zero-order chi connectivity index (χ0) is 36.4. The first-order valence-corrected chi connectivity index (χ1v) is 17.0. The molecular weight excluding hydrogens is 677 g/mol. The summed E-state index contributed by atoms with van der Waals surface area (Å²) in [5.41, 5.74) is 3.75. The van der Waals surface area contributed by atoms with Crippen molar-refractivity contribution in [3.8, 4) is 0 Å². The molecule has 0 saturated carbocycles. The van der Waals surface area contributed by atoms with Gasteiger partial charge < -0.3 is 20.4 Å². The maximum Gasteiger partial charge on any atom is 0.421 e. The van der Waals surface area contributed by atoms with E-state index in [1.54, 1.807) is 4.90 Å². The van der Waals surface area contributed by atoms with Crippen LogP contribution in [0.3, 0.4) is 0 Å². The summed E-state index contributed by atoms with van der Waals surface area (Å²) in [5.74, 6) is -1.23. The van der Waals surface area contributed by atoms with E-state index in [1.165, 1.54) is 18.6 Å². The van der Waals surface area contributed by atoms with E-state index >= 15 is 0 Å². The van der Waals surface area contributed by atoms with E-state index in [2.05, 4.69) is 52.7 Å². The van der Waals surface area contributed by atoms with Crippen molar-refractivity contribution in [3.63, 3.8) is 0 Å². The van der Waals surface area contributed by atoms with Gasteiger partial charge in [0.15, 0.2) is 0 Å². The van der Waals surface area contributed by atoms with Crippen molar-refractivity contribution in [2.45, 2.75) is 63.6 Å². The number of halogens is 3. The summed E-state index contributed by atoms with van der Waals surface area (Å²) in [6.07, 6.45) is 2.99. The highest BCUT2D eigenvalue weighted by molar-refractivity contribution is 6.05. The summed E-state index contributed by atoms with van der Waals surface area (Å²) in [7, 11) is 2.11. The Morgan fingerprint density at radius 2 is 1.77 bits per heavy atom. The van der Waals surface area contributed by atoms with Crippen LogP contribution in [0.2, 0.25) is 0 Å². The molecule has 0 spiro atoms. The molecule has 3 amide bonds. The molecule has 0 aliphatic carbocycles. The zero-order valence-electron chi connectivity index (χ0n) is 28.4. The van der Waals surface area contributed by atoms with Crippen LogP contribution >= 0.6 is 0 Å². The lowest BCUT2D eigenvalue weighted by atomic mass is 10.0. The van der Waals surface area contributed by atoms with Gasteiger partial charge in [0.2, 0.25) is 17.8 Å². The van der Waals surface area contributed by atoms with Crippen molar-refractivity contribution in [3.05, 3.63) is 95.2 Å². The first-order chi connectivity index (χ1) is 25.0. The van der Waals surface area contributed by atoms with Gasteiger partial charge in [-0.05, 0) is 67.8 Å². The van der Waals surface area contributed by atoms with Crippen LogP contribution < -0.4 is 20.9 Å². The fourth-order valence-corrected chi connectivity index (χ4v) is 6.97.